The van der Waals surface area contributed by atoms with Crippen molar-refractivity contribution in [2.45, 2.75) is 39.8 Å². The van der Waals surface area contributed by atoms with Gasteiger partial charge in [0.1, 0.15) is 0 Å². The van der Waals surface area contributed by atoms with Crippen LogP contribution in [0, 0.1) is 11.8 Å². The Morgan fingerprint density at radius 3 is 1.60 bits per heavy atom. The molecule has 0 saturated carbocycles. The zero-order valence-electron chi connectivity index (χ0n) is 10.1. The number of hydrogen-bond donors (Lipinski definition) is 1. The number of nitrogens with one attached hydrogen (secondary N) is 1. The lowest BCUT2D eigenvalue weighted by Crippen LogP contribution is -2.64. The third-order valence-corrected chi connectivity index (χ3v) is 2.89. The van der Waals surface area contributed by atoms with Crippen LogP contribution in [0.1, 0.15) is 27.7 Å². The highest BCUT2D eigenvalue weighted by Gasteiger charge is 2.40. The molecule has 1 aliphatic heterocycles. The van der Waals surface area contributed by atoms with Crippen molar-refractivity contribution >= 4 is 11.8 Å². The summed E-state index contributed by atoms with van der Waals surface area (Å²) in [5.74, 6) is 0.169. The van der Waals surface area contributed by atoms with Gasteiger partial charge in [0.05, 0.1) is 12.1 Å². The van der Waals surface area contributed by atoms with Gasteiger partial charge in [0.25, 0.3) is 0 Å². The van der Waals surface area contributed by atoms with Crippen molar-refractivity contribution in [1.82, 2.24) is 10.2 Å². The smallest absolute Gasteiger partial charge is 0.246 e. The van der Waals surface area contributed by atoms with Gasteiger partial charge in [0.2, 0.25) is 11.8 Å². The molecule has 1 aliphatic rings. The van der Waals surface area contributed by atoms with Gasteiger partial charge in [0.15, 0.2) is 0 Å². The number of piperazine rings is 1. The summed E-state index contributed by atoms with van der Waals surface area (Å²) in [6.45, 7) is 7.93. The lowest BCUT2D eigenvalue weighted by Gasteiger charge is -2.38. The molecular formula is C11H20N2O2. The Balaban J connectivity index is 2.90. The van der Waals surface area contributed by atoms with Crippen molar-refractivity contribution in [3.8, 4) is 0 Å². The molecule has 1 heterocycles. The van der Waals surface area contributed by atoms with Crippen molar-refractivity contribution in [2.75, 3.05) is 7.05 Å². The lowest BCUT2D eigenvalue weighted by atomic mass is 9.93. The molecule has 1 saturated heterocycles. The van der Waals surface area contributed by atoms with Crippen molar-refractivity contribution in [2.24, 2.45) is 11.8 Å². The van der Waals surface area contributed by atoms with Crippen LogP contribution >= 0.6 is 0 Å². The van der Waals surface area contributed by atoms with Crippen LogP contribution < -0.4 is 5.32 Å². The minimum atomic E-state index is -0.236. The summed E-state index contributed by atoms with van der Waals surface area (Å²) in [4.78, 5) is 24.8. The molecule has 0 aromatic rings. The summed E-state index contributed by atoms with van der Waals surface area (Å²) in [5, 5.41) is 3.14. The van der Waals surface area contributed by atoms with Crippen LogP contribution in [-0.2, 0) is 9.59 Å². The maximum atomic E-state index is 11.8. The van der Waals surface area contributed by atoms with Crippen LogP contribution in [0.3, 0.4) is 0 Å². The predicted molar refractivity (Wildman–Crippen MR) is 58.2 cm³/mol. The van der Waals surface area contributed by atoms with Crippen LogP contribution in [0.4, 0.5) is 0 Å². The summed E-state index contributed by atoms with van der Waals surface area (Å²) in [5.41, 5.74) is 0. The quantitative estimate of drug-likeness (QED) is 0.683. The molecule has 4 heteroatoms. The number of hydrogen-bond acceptors (Lipinski definition) is 3. The van der Waals surface area contributed by atoms with E-state index in [2.05, 4.69) is 5.32 Å². The molecule has 0 bridgehead atoms. The summed E-state index contributed by atoms with van der Waals surface area (Å²) in [6, 6.07) is -0.472. The zero-order chi connectivity index (χ0) is 11.7. The van der Waals surface area contributed by atoms with E-state index in [-0.39, 0.29) is 35.7 Å². The van der Waals surface area contributed by atoms with E-state index < -0.39 is 0 Å². The molecule has 15 heavy (non-hydrogen) atoms. The Morgan fingerprint density at radius 2 is 1.33 bits per heavy atom. The fourth-order valence-electron chi connectivity index (χ4n) is 1.82. The summed E-state index contributed by atoms with van der Waals surface area (Å²) in [6.07, 6.45) is 0. The minimum absolute atomic E-state index is 0.119. The third-order valence-electron chi connectivity index (χ3n) is 2.89. The molecule has 0 radical (unpaired) electrons. The normalized spacial score (nSPS) is 28.1. The maximum Gasteiger partial charge on any atom is 0.246 e. The Labute approximate surface area is 91.0 Å². The Morgan fingerprint density at radius 1 is 1.00 bits per heavy atom. The number of imide groups is 1. The van der Waals surface area contributed by atoms with Crippen molar-refractivity contribution in [3.63, 3.8) is 0 Å². The topological polar surface area (TPSA) is 49.4 Å². The highest BCUT2D eigenvalue weighted by Crippen LogP contribution is 2.17. The molecule has 0 aliphatic carbocycles. The Kier molecular flexibility index (Phi) is 3.50. The number of amides is 2. The first-order valence-corrected chi connectivity index (χ1v) is 5.43. The molecule has 0 spiro atoms. The Hall–Kier alpha value is -0.900. The highest BCUT2D eigenvalue weighted by atomic mass is 16.2. The maximum absolute atomic E-state index is 11.8. The molecule has 0 aromatic heterocycles. The fourth-order valence-corrected chi connectivity index (χ4v) is 1.82. The van der Waals surface area contributed by atoms with Crippen LogP contribution in [0.25, 0.3) is 0 Å². The number of likely N-dealkylation sites (N-methyl/N-ethyl adjacent to an activating group) is 1. The molecule has 2 amide bonds. The van der Waals surface area contributed by atoms with Gasteiger partial charge >= 0.3 is 0 Å². The summed E-state index contributed by atoms with van der Waals surface area (Å²) in [7, 11) is 1.57. The van der Waals surface area contributed by atoms with E-state index in [1.165, 1.54) is 4.90 Å². The molecule has 1 fully saturated rings. The standard InChI is InChI=1S/C11H20N2O2/c1-6(2)8-10(14)13(5)11(15)9(12-8)7(3)4/h6-9,12H,1-5H3/t8-,9?/m0/s1. The van der Waals surface area contributed by atoms with E-state index in [0.29, 0.717) is 0 Å². The average molecular weight is 212 g/mol. The number of carbonyl (C=O) groups is 2. The van der Waals surface area contributed by atoms with Gasteiger partial charge in [-0.1, -0.05) is 27.7 Å². The highest BCUT2D eigenvalue weighted by molar-refractivity contribution is 6.02. The molecule has 1 rings (SSSR count). The number of carbonyl (C=O) groups excluding carboxylic acids is 2. The van der Waals surface area contributed by atoms with Gasteiger partial charge < -0.3 is 0 Å². The molecular weight excluding hydrogens is 192 g/mol. The van der Waals surface area contributed by atoms with Crippen LogP contribution in [0.15, 0.2) is 0 Å². The van der Waals surface area contributed by atoms with E-state index in [1.54, 1.807) is 7.05 Å². The molecule has 2 atom stereocenters. The summed E-state index contributed by atoms with van der Waals surface area (Å²) < 4.78 is 0. The van der Waals surface area contributed by atoms with Gasteiger partial charge in [-0.15, -0.1) is 0 Å². The van der Waals surface area contributed by atoms with Crippen LogP contribution in [-0.4, -0.2) is 35.8 Å². The van der Waals surface area contributed by atoms with Crippen molar-refractivity contribution in [1.29, 1.82) is 0 Å². The SMILES string of the molecule is CC(C)C1N[C@@H](C(C)C)C(=O)N(C)C1=O. The van der Waals surface area contributed by atoms with Gasteiger partial charge in [-0.25, -0.2) is 0 Å². The molecule has 1 unspecified atom stereocenters. The van der Waals surface area contributed by atoms with Gasteiger partial charge in [-0.05, 0) is 11.8 Å². The zero-order valence-corrected chi connectivity index (χ0v) is 10.1. The third kappa shape index (κ3) is 2.20. The first-order valence-electron chi connectivity index (χ1n) is 5.43. The molecule has 4 nitrogen and oxygen atoms in total. The molecule has 1 N–H and O–H groups in total. The first kappa shape index (κ1) is 12.2. The fraction of sp³-hybridized carbons (Fsp3) is 0.818. The van der Waals surface area contributed by atoms with E-state index in [9.17, 15) is 9.59 Å². The minimum Gasteiger partial charge on any atom is -0.294 e. The van der Waals surface area contributed by atoms with Crippen LogP contribution in [0.5, 0.6) is 0 Å². The van der Waals surface area contributed by atoms with Crippen molar-refractivity contribution in [3.05, 3.63) is 0 Å². The first-order chi connectivity index (χ1) is 6.86. The predicted octanol–water partition coefficient (Wildman–Crippen LogP) is 0.624. The average Bonchev–Trinajstić information content (AvgIpc) is 2.13. The van der Waals surface area contributed by atoms with E-state index in [0.717, 1.165) is 0 Å². The van der Waals surface area contributed by atoms with Crippen molar-refractivity contribution < 1.29 is 9.59 Å². The van der Waals surface area contributed by atoms with E-state index in [4.69, 9.17) is 0 Å². The molecule has 0 aromatic carbocycles. The number of nitrogens with zero attached hydrogens (tertiary/aromatic N) is 1. The van der Waals surface area contributed by atoms with E-state index in [1.807, 2.05) is 27.7 Å². The Bertz CT molecular complexity index is 248. The molecule has 86 valence electrons. The van der Waals surface area contributed by atoms with Crippen LogP contribution in [0.2, 0.25) is 0 Å². The van der Waals surface area contributed by atoms with Gasteiger partial charge in [0, 0.05) is 7.05 Å². The second-order valence-electron chi connectivity index (χ2n) is 4.85. The second kappa shape index (κ2) is 4.31. The largest absolute Gasteiger partial charge is 0.294 e. The summed E-state index contributed by atoms with van der Waals surface area (Å²) >= 11 is 0. The van der Waals surface area contributed by atoms with Gasteiger partial charge in [-0.3, -0.25) is 19.8 Å². The number of rotatable bonds is 2. The van der Waals surface area contributed by atoms with E-state index >= 15 is 0 Å². The van der Waals surface area contributed by atoms with Gasteiger partial charge in [-0.2, -0.15) is 0 Å². The lowest BCUT2D eigenvalue weighted by molar-refractivity contribution is -0.152. The second-order valence-corrected chi connectivity index (χ2v) is 4.85. The monoisotopic (exact) mass is 212 g/mol.